The van der Waals surface area contributed by atoms with E-state index in [0.29, 0.717) is 0 Å². The van der Waals surface area contributed by atoms with Crippen LogP contribution in [0.3, 0.4) is 0 Å². The number of aliphatic hydroxyl groups excluding tert-OH is 1. The molecular weight excluding hydrogens is 244 g/mol. The van der Waals surface area contributed by atoms with Crippen LogP contribution in [-0.4, -0.2) is 43.0 Å². The molecule has 0 radical (unpaired) electrons. The maximum absolute atomic E-state index is 11.9. The fourth-order valence-electron chi connectivity index (χ4n) is 1.96. The van der Waals surface area contributed by atoms with Gasteiger partial charge >= 0.3 is 0 Å². The molecule has 0 saturated heterocycles. The molecule has 5 heteroatoms. The molecule has 19 heavy (non-hydrogen) atoms. The van der Waals surface area contributed by atoms with Crippen LogP contribution in [0.5, 0.6) is 0 Å². The van der Waals surface area contributed by atoms with Crippen LogP contribution in [0.2, 0.25) is 0 Å². The van der Waals surface area contributed by atoms with Gasteiger partial charge in [0.15, 0.2) is 5.78 Å². The zero-order valence-corrected chi connectivity index (χ0v) is 12.4. The highest BCUT2D eigenvalue weighted by Gasteiger charge is 2.16. The number of Topliss-reactive ketones (excluding diaryl/α,β-unsaturated/α-hetero) is 1. The molecule has 0 aromatic carbocycles. The Balaban J connectivity index is 3.90. The van der Waals surface area contributed by atoms with Gasteiger partial charge in [0.05, 0.1) is 19.1 Å². The number of carbonyl (C=O) groups is 2. The molecule has 0 fully saturated rings. The van der Waals surface area contributed by atoms with Gasteiger partial charge in [0.25, 0.3) is 0 Å². The number of hydrogen-bond acceptors (Lipinski definition) is 4. The van der Waals surface area contributed by atoms with Crippen LogP contribution in [0.1, 0.15) is 46.0 Å². The Hall–Kier alpha value is -0.940. The van der Waals surface area contributed by atoms with Crippen LogP contribution < -0.4 is 10.6 Å². The molecule has 1 unspecified atom stereocenters. The summed E-state index contributed by atoms with van der Waals surface area (Å²) in [6.07, 6.45) is 3.15. The summed E-state index contributed by atoms with van der Waals surface area (Å²) in [6, 6.07) is 0. The molecule has 2 atom stereocenters. The number of unbranched alkanes of at least 4 members (excludes halogenated alkanes) is 1. The zero-order chi connectivity index (χ0) is 14.7. The summed E-state index contributed by atoms with van der Waals surface area (Å²) in [4.78, 5) is 23.3. The van der Waals surface area contributed by atoms with E-state index in [2.05, 4.69) is 10.6 Å². The SMILES string of the molecule is CCC(CCCCNC)C(=O)CNC(=O)C[C@H](C)O. The first-order valence-electron chi connectivity index (χ1n) is 7.13. The molecule has 0 aliphatic carbocycles. The Kier molecular flexibility index (Phi) is 10.4. The van der Waals surface area contributed by atoms with Crippen molar-refractivity contribution in [1.29, 1.82) is 0 Å². The molecule has 112 valence electrons. The lowest BCUT2D eigenvalue weighted by molar-refractivity contribution is -0.128. The van der Waals surface area contributed by atoms with E-state index in [0.717, 1.165) is 32.2 Å². The first-order valence-corrected chi connectivity index (χ1v) is 7.13. The summed E-state index contributed by atoms with van der Waals surface area (Å²) >= 11 is 0. The Bertz CT molecular complexity index is 267. The Morgan fingerprint density at radius 1 is 1.26 bits per heavy atom. The van der Waals surface area contributed by atoms with Crippen molar-refractivity contribution in [1.82, 2.24) is 10.6 Å². The molecule has 0 spiro atoms. The van der Waals surface area contributed by atoms with Gasteiger partial charge in [-0.05, 0) is 39.8 Å². The summed E-state index contributed by atoms with van der Waals surface area (Å²) in [7, 11) is 1.92. The number of ketones is 1. The van der Waals surface area contributed by atoms with Gasteiger partial charge in [-0.2, -0.15) is 0 Å². The Morgan fingerprint density at radius 3 is 2.47 bits per heavy atom. The standard InChI is InChI=1S/C14H28N2O3/c1-4-12(7-5-6-8-15-3)13(18)10-16-14(19)9-11(2)17/h11-12,15,17H,4-10H2,1-3H3,(H,16,19)/t11-,12?/m0/s1. The van der Waals surface area contributed by atoms with E-state index in [9.17, 15) is 9.59 Å². The quantitative estimate of drug-likeness (QED) is 0.487. The van der Waals surface area contributed by atoms with Crippen molar-refractivity contribution >= 4 is 11.7 Å². The summed E-state index contributed by atoms with van der Waals surface area (Å²) in [5, 5.41) is 14.7. The predicted octanol–water partition coefficient (Wildman–Crippen LogP) is 0.859. The highest BCUT2D eigenvalue weighted by Crippen LogP contribution is 2.13. The molecule has 5 nitrogen and oxygen atoms in total. The van der Waals surface area contributed by atoms with E-state index in [1.54, 1.807) is 6.92 Å². The van der Waals surface area contributed by atoms with Gasteiger partial charge in [-0.3, -0.25) is 9.59 Å². The van der Waals surface area contributed by atoms with Crippen molar-refractivity contribution in [2.75, 3.05) is 20.1 Å². The first-order chi connectivity index (χ1) is 9.01. The lowest BCUT2D eigenvalue weighted by Gasteiger charge is -2.14. The highest BCUT2D eigenvalue weighted by molar-refractivity contribution is 5.87. The minimum absolute atomic E-state index is 0.0312. The topological polar surface area (TPSA) is 78.4 Å². The van der Waals surface area contributed by atoms with E-state index in [-0.39, 0.29) is 30.6 Å². The molecule has 0 aromatic heterocycles. The minimum atomic E-state index is -0.668. The first kappa shape index (κ1) is 18.1. The normalized spacial score (nSPS) is 13.9. The van der Waals surface area contributed by atoms with Gasteiger partial charge in [-0.25, -0.2) is 0 Å². The number of rotatable bonds is 11. The molecular formula is C14H28N2O3. The summed E-state index contributed by atoms with van der Waals surface area (Å²) in [5.41, 5.74) is 0. The van der Waals surface area contributed by atoms with E-state index in [4.69, 9.17) is 5.11 Å². The molecule has 0 rings (SSSR count). The summed E-state index contributed by atoms with van der Waals surface area (Å²) in [5.74, 6) is -0.150. The van der Waals surface area contributed by atoms with Crippen molar-refractivity contribution in [2.45, 2.75) is 52.1 Å². The van der Waals surface area contributed by atoms with Crippen LogP contribution in [0.15, 0.2) is 0 Å². The fraction of sp³-hybridized carbons (Fsp3) is 0.857. The number of nitrogens with one attached hydrogen (secondary N) is 2. The van der Waals surface area contributed by atoms with Crippen molar-refractivity contribution in [3.8, 4) is 0 Å². The molecule has 0 aliphatic heterocycles. The third kappa shape index (κ3) is 9.62. The smallest absolute Gasteiger partial charge is 0.222 e. The third-order valence-corrected chi connectivity index (χ3v) is 3.12. The molecule has 0 aromatic rings. The average molecular weight is 272 g/mol. The second-order valence-corrected chi connectivity index (χ2v) is 5.00. The number of carbonyl (C=O) groups excluding carboxylic acids is 2. The molecule has 0 heterocycles. The van der Waals surface area contributed by atoms with E-state index in [1.807, 2.05) is 14.0 Å². The molecule has 3 N–H and O–H groups in total. The van der Waals surface area contributed by atoms with Gasteiger partial charge in [0, 0.05) is 5.92 Å². The third-order valence-electron chi connectivity index (χ3n) is 3.12. The predicted molar refractivity (Wildman–Crippen MR) is 75.9 cm³/mol. The van der Waals surface area contributed by atoms with Gasteiger partial charge in [-0.15, -0.1) is 0 Å². The van der Waals surface area contributed by atoms with Gasteiger partial charge in [-0.1, -0.05) is 13.3 Å². The van der Waals surface area contributed by atoms with Crippen molar-refractivity contribution in [3.05, 3.63) is 0 Å². The maximum atomic E-state index is 11.9. The lowest BCUT2D eigenvalue weighted by atomic mass is 9.94. The Labute approximate surface area is 116 Å². The van der Waals surface area contributed by atoms with E-state index >= 15 is 0 Å². The number of aliphatic hydroxyl groups is 1. The largest absolute Gasteiger partial charge is 0.393 e. The average Bonchev–Trinajstić information content (AvgIpc) is 2.35. The second-order valence-electron chi connectivity index (χ2n) is 5.00. The highest BCUT2D eigenvalue weighted by atomic mass is 16.3. The van der Waals surface area contributed by atoms with Crippen LogP contribution in [-0.2, 0) is 9.59 Å². The summed E-state index contributed by atoms with van der Waals surface area (Å²) in [6.45, 7) is 4.60. The number of hydrogen-bond donors (Lipinski definition) is 3. The monoisotopic (exact) mass is 272 g/mol. The van der Waals surface area contributed by atoms with Crippen LogP contribution in [0, 0.1) is 5.92 Å². The molecule has 0 bridgehead atoms. The maximum Gasteiger partial charge on any atom is 0.222 e. The van der Waals surface area contributed by atoms with Crippen molar-refractivity contribution < 1.29 is 14.7 Å². The van der Waals surface area contributed by atoms with E-state index < -0.39 is 6.10 Å². The van der Waals surface area contributed by atoms with Crippen molar-refractivity contribution in [2.24, 2.45) is 5.92 Å². The minimum Gasteiger partial charge on any atom is -0.393 e. The zero-order valence-electron chi connectivity index (χ0n) is 12.4. The summed E-state index contributed by atoms with van der Waals surface area (Å²) < 4.78 is 0. The van der Waals surface area contributed by atoms with Crippen LogP contribution in [0.25, 0.3) is 0 Å². The lowest BCUT2D eigenvalue weighted by Crippen LogP contribution is -2.34. The van der Waals surface area contributed by atoms with E-state index in [1.165, 1.54) is 0 Å². The van der Waals surface area contributed by atoms with Crippen LogP contribution in [0.4, 0.5) is 0 Å². The van der Waals surface area contributed by atoms with Gasteiger partial charge < -0.3 is 15.7 Å². The van der Waals surface area contributed by atoms with Gasteiger partial charge in [0.1, 0.15) is 0 Å². The molecule has 0 saturated carbocycles. The fourth-order valence-corrected chi connectivity index (χ4v) is 1.96. The second kappa shape index (κ2) is 10.9. The van der Waals surface area contributed by atoms with Crippen molar-refractivity contribution in [3.63, 3.8) is 0 Å². The molecule has 1 amide bonds. The Morgan fingerprint density at radius 2 is 1.95 bits per heavy atom. The van der Waals surface area contributed by atoms with Crippen LogP contribution >= 0.6 is 0 Å². The number of amides is 1. The van der Waals surface area contributed by atoms with Gasteiger partial charge in [0.2, 0.25) is 5.91 Å². The molecule has 0 aliphatic rings.